The molecule has 13 heavy (non-hydrogen) atoms. The van der Waals surface area contributed by atoms with Crippen molar-refractivity contribution in [1.29, 1.82) is 0 Å². The van der Waals surface area contributed by atoms with E-state index in [9.17, 15) is 9.59 Å². The number of amides is 1. The van der Waals surface area contributed by atoms with E-state index in [4.69, 9.17) is 5.11 Å². The predicted octanol–water partition coefficient (Wildman–Crippen LogP) is 0.218. The lowest BCUT2D eigenvalue weighted by molar-refractivity contribution is -0.141. The number of carbonyl (C=O) groups excluding carboxylic acids is 1. The standard InChI is InChI=1S/C8H11NO3.H2S/c1-2-3-9-5-6(8(11)12)4-7(9)10;/h2,6H,1,3-5H2,(H,11,12);1H2. The van der Waals surface area contributed by atoms with Gasteiger partial charge in [-0.15, -0.1) is 6.58 Å². The minimum atomic E-state index is -0.894. The Labute approximate surface area is 83.7 Å². The van der Waals surface area contributed by atoms with E-state index in [0.717, 1.165) is 0 Å². The van der Waals surface area contributed by atoms with E-state index >= 15 is 0 Å². The van der Waals surface area contributed by atoms with Gasteiger partial charge < -0.3 is 10.0 Å². The van der Waals surface area contributed by atoms with Crippen LogP contribution >= 0.6 is 13.5 Å². The van der Waals surface area contributed by atoms with E-state index < -0.39 is 11.9 Å². The molecule has 5 heteroatoms. The SMILES string of the molecule is C=CCN1CC(C(=O)O)CC1=O.S. The third-order valence-electron chi connectivity index (χ3n) is 1.91. The monoisotopic (exact) mass is 203 g/mol. The van der Waals surface area contributed by atoms with Crippen molar-refractivity contribution >= 4 is 25.4 Å². The van der Waals surface area contributed by atoms with Crippen molar-refractivity contribution in [2.24, 2.45) is 5.92 Å². The van der Waals surface area contributed by atoms with Gasteiger partial charge in [-0.2, -0.15) is 13.5 Å². The maximum atomic E-state index is 11.1. The van der Waals surface area contributed by atoms with Crippen LogP contribution in [-0.4, -0.2) is 35.0 Å². The molecule has 0 aromatic heterocycles. The highest BCUT2D eigenvalue weighted by atomic mass is 32.1. The number of hydrogen-bond acceptors (Lipinski definition) is 2. The van der Waals surface area contributed by atoms with Crippen molar-refractivity contribution in [2.45, 2.75) is 6.42 Å². The highest BCUT2D eigenvalue weighted by molar-refractivity contribution is 7.59. The van der Waals surface area contributed by atoms with Gasteiger partial charge in [-0.1, -0.05) is 6.08 Å². The van der Waals surface area contributed by atoms with Gasteiger partial charge in [0.1, 0.15) is 0 Å². The Hall–Kier alpha value is -0.970. The maximum Gasteiger partial charge on any atom is 0.308 e. The summed E-state index contributed by atoms with van der Waals surface area (Å²) < 4.78 is 0. The molecule has 1 saturated heterocycles. The molecule has 0 bridgehead atoms. The number of nitrogens with zero attached hydrogens (tertiary/aromatic N) is 1. The molecule has 0 aromatic rings. The number of carboxylic acid groups (broad SMARTS) is 1. The second-order valence-electron chi connectivity index (χ2n) is 2.83. The van der Waals surface area contributed by atoms with Crippen molar-refractivity contribution in [3.8, 4) is 0 Å². The molecule has 0 saturated carbocycles. The molecule has 0 radical (unpaired) electrons. The molecule has 74 valence electrons. The van der Waals surface area contributed by atoms with Crippen LogP contribution in [0, 0.1) is 5.92 Å². The molecule has 0 aliphatic carbocycles. The smallest absolute Gasteiger partial charge is 0.308 e. The largest absolute Gasteiger partial charge is 0.481 e. The summed E-state index contributed by atoms with van der Waals surface area (Å²) in [6.07, 6.45) is 1.73. The molecule has 1 rings (SSSR count). The molecule has 1 atom stereocenters. The van der Waals surface area contributed by atoms with Crippen LogP contribution in [0.2, 0.25) is 0 Å². The zero-order valence-corrected chi connectivity index (χ0v) is 8.19. The number of carbonyl (C=O) groups is 2. The minimum absolute atomic E-state index is 0. The Morgan fingerprint density at radius 3 is 2.77 bits per heavy atom. The van der Waals surface area contributed by atoms with Crippen molar-refractivity contribution < 1.29 is 14.7 Å². The lowest BCUT2D eigenvalue weighted by Crippen LogP contribution is -2.26. The molecule has 0 spiro atoms. The van der Waals surface area contributed by atoms with Gasteiger partial charge >= 0.3 is 5.97 Å². The fourth-order valence-corrected chi connectivity index (χ4v) is 1.27. The van der Waals surface area contributed by atoms with Crippen LogP contribution in [0.4, 0.5) is 0 Å². The van der Waals surface area contributed by atoms with Crippen LogP contribution in [0.15, 0.2) is 12.7 Å². The molecule has 4 nitrogen and oxygen atoms in total. The number of aliphatic carboxylic acids is 1. The van der Waals surface area contributed by atoms with Crippen molar-refractivity contribution in [3.63, 3.8) is 0 Å². The van der Waals surface area contributed by atoms with Crippen LogP contribution in [-0.2, 0) is 9.59 Å². The zero-order valence-electron chi connectivity index (χ0n) is 7.19. The first-order chi connectivity index (χ1) is 5.65. The molecular weight excluding hydrogens is 190 g/mol. The summed E-state index contributed by atoms with van der Waals surface area (Å²) in [5, 5.41) is 8.61. The summed E-state index contributed by atoms with van der Waals surface area (Å²) in [7, 11) is 0. The van der Waals surface area contributed by atoms with E-state index in [-0.39, 0.29) is 25.8 Å². The van der Waals surface area contributed by atoms with Gasteiger partial charge in [0.05, 0.1) is 5.92 Å². The molecule has 1 unspecified atom stereocenters. The summed E-state index contributed by atoms with van der Waals surface area (Å²) >= 11 is 0. The van der Waals surface area contributed by atoms with Crippen LogP contribution < -0.4 is 0 Å². The molecular formula is C8H13NO3S. The van der Waals surface area contributed by atoms with Gasteiger partial charge in [0, 0.05) is 19.5 Å². The summed E-state index contributed by atoms with van der Waals surface area (Å²) in [6.45, 7) is 4.25. The average molecular weight is 203 g/mol. The second-order valence-corrected chi connectivity index (χ2v) is 2.83. The molecule has 1 heterocycles. The fraction of sp³-hybridized carbons (Fsp3) is 0.500. The van der Waals surface area contributed by atoms with Crippen molar-refractivity contribution in [1.82, 2.24) is 4.90 Å². The van der Waals surface area contributed by atoms with Gasteiger partial charge in [0.25, 0.3) is 0 Å². The highest BCUT2D eigenvalue weighted by Crippen LogP contribution is 2.17. The Morgan fingerprint density at radius 1 is 1.77 bits per heavy atom. The highest BCUT2D eigenvalue weighted by Gasteiger charge is 2.33. The maximum absolute atomic E-state index is 11.1. The number of carboxylic acids is 1. The van der Waals surface area contributed by atoms with Gasteiger partial charge in [-0.05, 0) is 0 Å². The Kier molecular flexibility index (Phi) is 4.55. The van der Waals surface area contributed by atoms with Gasteiger partial charge in [0.2, 0.25) is 5.91 Å². The van der Waals surface area contributed by atoms with Gasteiger partial charge in [0.15, 0.2) is 0 Å². The number of rotatable bonds is 3. The molecule has 1 aliphatic rings. The van der Waals surface area contributed by atoms with E-state index in [0.29, 0.717) is 13.1 Å². The molecule has 1 fully saturated rings. The van der Waals surface area contributed by atoms with Gasteiger partial charge in [-0.3, -0.25) is 9.59 Å². The van der Waals surface area contributed by atoms with Crippen molar-refractivity contribution in [2.75, 3.05) is 13.1 Å². The quantitative estimate of drug-likeness (QED) is 0.667. The molecule has 1 aliphatic heterocycles. The summed E-state index contributed by atoms with van der Waals surface area (Å²) in [5.41, 5.74) is 0. The first-order valence-corrected chi connectivity index (χ1v) is 3.76. The van der Waals surface area contributed by atoms with E-state index in [1.165, 1.54) is 4.90 Å². The average Bonchev–Trinajstić information content (AvgIpc) is 2.34. The van der Waals surface area contributed by atoms with E-state index in [1.807, 2.05) is 0 Å². The normalized spacial score (nSPS) is 21.1. The van der Waals surface area contributed by atoms with Gasteiger partial charge in [-0.25, -0.2) is 0 Å². The van der Waals surface area contributed by atoms with Crippen LogP contribution in [0.5, 0.6) is 0 Å². The zero-order chi connectivity index (χ0) is 9.14. The van der Waals surface area contributed by atoms with Crippen LogP contribution in [0.25, 0.3) is 0 Å². The molecule has 0 aromatic carbocycles. The topological polar surface area (TPSA) is 57.6 Å². The van der Waals surface area contributed by atoms with Crippen molar-refractivity contribution in [3.05, 3.63) is 12.7 Å². The second kappa shape index (κ2) is 4.91. The minimum Gasteiger partial charge on any atom is -0.481 e. The first-order valence-electron chi connectivity index (χ1n) is 3.76. The Bertz CT molecular complexity index is 229. The summed E-state index contributed by atoms with van der Waals surface area (Å²) in [5.74, 6) is -1.52. The fourth-order valence-electron chi connectivity index (χ4n) is 1.27. The Balaban J connectivity index is 0.00000144. The number of hydrogen-bond donors (Lipinski definition) is 1. The van der Waals surface area contributed by atoms with Crippen LogP contribution in [0.1, 0.15) is 6.42 Å². The lowest BCUT2D eigenvalue weighted by atomic mass is 10.1. The molecule has 1 amide bonds. The van der Waals surface area contributed by atoms with E-state index in [2.05, 4.69) is 6.58 Å². The first kappa shape index (κ1) is 12.0. The summed E-state index contributed by atoms with van der Waals surface area (Å²) in [4.78, 5) is 23.1. The van der Waals surface area contributed by atoms with E-state index in [1.54, 1.807) is 6.08 Å². The lowest BCUT2D eigenvalue weighted by Gasteiger charge is -2.11. The number of likely N-dealkylation sites (tertiary alicyclic amines) is 1. The third kappa shape index (κ3) is 2.77. The molecule has 1 N–H and O–H groups in total. The third-order valence-corrected chi connectivity index (χ3v) is 1.91. The van der Waals surface area contributed by atoms with Crippen LogP contribution in [0.3, 0.4) is 0 Å². The summed E-state index contributed by atoms with van der Waals surface area (Å²) in [6, 6.07) is 0. The Morgan fingerprint density at radius 2 is 2.38 bits per heavy atom. The predicted molar refractivity (Wildman–Crippen MR) is 52.9 cm³/mol.